The number of amides is 1. The number of methoxy groups -OCH3 is 2. The second-order valence-electron chi connectivity index (χ2n) is 5.55. The molecule has 0 bridgehead atoms. The van der Waals surface area contributed by atoms with Crippen molar-refractivity contribution in [2.24, 2.45) is 0 Å². The van der Waals surface area contributed by atoms with Crippen LogP contribution in [0.15, 0.2) is 36.4 Å². The van der Waals surface area contributed by atoms with Crippen molar-refractivity contribution in [3.8, 4) is 5.75 Å². The smallest absolute Gasteiger partial charge is 0.337 e. The molecule has 24 heavy (non-hydrogen) atoms. The first-order chi connectivity index (χ1) is 11.4. The van der Waals surface area contributed by atoms with Gasteiger partial charge in [0.1, 0.15) is 5.75 Å². The van der Waals surface area contributed by atoms with Crippen molar-refractivity contribution in [2.45, 2.75) is 20.3 Å². The Kier molecular flexibility index (Phi) is 5.58. The molecule has 1 amide bonds. The Morgan fingerprint density at radius 1 is 1.00 bits per heavy atom. The Morgan fingerprint density at radius 3 is 2.38 bits per heavy atom. The van der Waals surface area contributed by atoms with Crippen LogP contribution >= 0.6 is 0 Å². The molecule has 126 valence electrons. The molecule has 0 saturated carbocycles. The van der Waals surface area contributed by atoms with E-state index in [0.717, 1.165) is 22.4 Å². The van der Waals surface area contributed by atoms with E-state index in [4.69, 9.17) is 9.47 Å². The minimum atomic E-state index is -0.434. The van der Waals surface area contributed by atoms with E-state index in [0.29, 0.717) is 11.3 Å². The highest BCUT2D eigenvalue weighted by atomic mass is 16.5. The van der Waals surface area contributed by atoms with Gasteiger partial charge in [-0.15, -0.1) is 0 Å². The van der Waals surface area contributed by atoms with Crippen LogP contribution in [-0.4, -0.2) is 26.1 Å². The van der Waals surface area contributed by atoms with E-state index < -0.39 is 5.97 Å². The van der Waals surface area contributed by atoms with Crippen molar-refractivity contribution in [1.29, 1.82) is 0 Å². The van der Waals surface area contributed by atoms with Crippen LogP contribution in [0.5, 0.6) is 5.75 Å². The summed E-state index contributed by atoms with van der Waals surface area (Å²) in [7, 11) is 2.94. The van der Waals surface area contributed by atoms with Crippen LogP contribution in [0.4, 0.5) is 5.69 Å². The molecule has 2 aromatic rings. The fraction of sp³-hybridized carbons (Fsp3) is 0.263. The van der Waals surface area contributed by atoms with Gasteiger partial charge < -0.3 is 14.8 Å². The molecule has 2 rings (SSSR count). The van der Waals surface area contributed by atoms with Gasteiger partial charge in [-0.3, -0.25) is 4.79 Å². The molecule has 0 radical (unpaired) electrons. The summed E-state index contributed by atoms with van der Waals surface area (Å²) in [6, 6.07) is 10.7. The third-order valence-electron chi connectivity index (χ3n) is 3.76. The standard InChI is InChI=1S/C19H21NO4/c1-12-5-7-15(19(22)24-4)11-16(12)20-18(21)10-14-6-8-17(23-3)13(2)9-14/h5-9,11H,10H2,1-4H3,(H,20,21). The van der Waals surface area contributed by atoms with Gasteiger partial charge in [0.15, 0.2) is 0 Å². The Balaban J connectivity index is 2.12. The highest BCUT2D eigenvalue weighted by Gasteiger charge is 2.11. The molecule has 0 aliphatic rings. The third-order valence-corrected chi connectivity index (χ3v) is 3.76. The molecule has 1 N–H and O–H groups in total. The zero-order chi connectivity index (χ0) is 17.7. The minimum Gasteiger partial charge on any atom is -0.496 e. The lowest BCUT2D eigenvalue weighted by atomic mass is 10.1. The predicted octanol–water partition coefficient (Wildman–Crippen LogP) is 3.28. The molecule has 0 unspecified atom stereocenters. The molecule has 5 heteroatoms. The van der Waals surface area contributed by atoms with Crippen molar-refractivity contribution in [3.63, 3.8) is 0 Å². The Morgan fingerprint density at radius 2 is 1.75 bits per heavy atom. The number of ether oxygens (including phenoxy) is 2. The van der Waals surface area contributed by atoms with Gasteiger partial charge in [0, 0.05) is 5.69 Å². The highest BCUT2D eigenvalue weighted by molar-refractivity contribution is 5.96. The highest BCUT2D eigenvalue weighted by Crippen LogP contribution is 2.20. The quantitative estimate of drug-likeness (QED) is 0.856. The lowest BCUT2D eigenvalue weighted by Gasteiger charge is -2.11. The average molecular weight is 327 g/mol. The molecule has 5 nitrogen and oxygen atoms in total. The predicted molar refractivity (Wildman–Crippen MR) is 92.6 cm³/mol. The molecule has 0 aromatic heterocycles. The molecule has 0 aliphatic carbocycles. The summed E-state index contributed by atoms with van der Waals surface area (Å²) >= 11 is 0. The van der Waals surface area contributed by atoms with Crippen molar-refractivity contribution in [2.75, 3.05) is 19.5 Å². The van der Waals surface area contributed by atoms with Crippen LogP contribution < -0.4 is 10.1 Å². The molecule has 0 spiro atoms. The van der Waals surface area contributed by atoms with Crippen LogP contribution in [0.25, 0.3) is 0 Å². The molecule has 2 aromatic carbocycles. The average Bonchev–Trinajstić information content (AvgIpc) is 2.56. The summed E-state index contributed by atoms with van der Waals surface area (Å²) in [5, 5.41) is 2.85. The summed E-state index contributed by atoms with van der Waals surface area (Å²) in [5.74, 6) is 0.210. The number of hydrogen-bond acceptors (Lipinski definition) is 4. The Bertz CT molecular complexity index is 768. The first-order valence-electron chi connectivity index (χ1n) is 7.57. The molecule has 0 fully saturated rings. The normalized spacial score (nSPS) is 10.2. The van der Waals surface area contributed by atoms with Crippen molar-refractivity contribution in [1.82, 2.24) is 0 Å². The van der Waals surface area contributed by atoms with Crippen LogP contribution in [0, 0.1) is 13.8 Å². The molecular formula is C19H21NO4. The summed E-state index contributed by atoms with van der Waals surface area (Å²) in [6.07, 6.45) is 0.243. The summed E-state index contributed by atoms with van der Waals surface area (Å²) < 4.78 is 9.92. The molecule has 0 atom stereocenters. The number of benzene rings is 2. The molecule has 0 aliphatic heterocycles. The van der Waals surface area contributed by atoms with Crippen LogP contribution in [0.3, 0.4) is 0 Å². The minimum absolute atomic E-state index is 0.148. The van der Waals surface area contributed by atoms with Gasteiger partial charge in [-0.1, -0.05) is 18.2 Å². The second kappa shape index (κ2) is 7.64. The van der Waals surface area contributed by atoms with Gasteiger partial charge in [-0.05, 0) is 48.7 Å². The van der Waals surface area contributed by atoms with Gasteiger partial charge >= 0.3 is 5.97 Å². The van der Waals surface area contributed by atoms with E-state index in [2.05, 4.69) is 5.32 Å². The summed E-state index contributed by atoms with van der Waals surface area (Å²) in [5.41, 5.74) is 3.76. The second-order valence-corrected chi connectivity index (χ2v) is 5.55. The Labute approximate surface area is 141 Å². The maximum Gasteiger partial charge on any atom is 0.337 e. The monoisotopic (exact) mass is 327 g/mol. The van der Waals surface area contributed by atoms with E-state index >= 15 is 0 Å². The van der Waals surface area contributed by atoms with Crippen LogP contribution in [-0.2, 0) is 16.0 Å². The number of carbonyl (C=O) groups excluding carboxylic acids is 2. The molecular weight excluding hydrogens is 306 g/mol. The maximum atomic E-state index is 12.3. The van der Waals surface area contributed by atoms with E-state index in [-0.39, 0.29) is 12.3 Å². The SMILES string of the molecule is COC(=O)c1ccc(C)c(NC(=O)Cc2ccc(OC)c(C)c2)c1. The number of hydrogen-bond donors (Lipinski definition) is 1. The van der Waals surface area contributed by atoms with Crippen LogP contribution in [0.2, 0.25) is 0 Å². The maximum absolute atomic E-state index is 12.3. The van der Waals surface area contributed by atoms with Crippen molar-refractivity contribution >= 4 is 17.6 Å². The fourth-order valence-corrected chi connectivity index (χ4v) is 2.43. The van der Waals surface area contributed by atoms with E-state index in [1.165, 1.54) is 7.11 Å². The van der Waals surface area contributed by atoms with Gasteiger partial charge in [0.2, 0.25) is 5.91 Å². The summed E-state index contributed by atoms with van der Waals surface area (Å²) in [4.78, 5) is 23.9. The van der Waals surface area contributed by atoms with Gasteiger partial charge in [0.05, 0.1) is 26.2 Å². The topological polar surface area (TPSA) is 64.6 Å². The fourth-order valence-electron chi connectivity index (χ4n) is 2.43. The number of aryl methyl sites for hydroxylation is 2. The van der Waals surface area contributed by atoms with Gasteiger partial charge in [-0.2, -0.15) is 0 Å². The first-order valence-corrected chi connectivity index (χ1v) is 7.57. The number of carbonyl (C=O) groups is 2. The van der Waals surface area contributed by atoms with Gasteiger partial charge in [0.25, 0.3) is 0 Å². The largest absolute Gasteiger partial charge is 0.496 e. The number of nitrogens with one attached hydrogen (secondary N) is 1. The van der Waals surface area contributed by atoms with Crippen LogP contribution in [0.1, 0.15) is 27.0 Å². The first kappa shape index (κ1) is 17.5. The molecule has 0 saturated heterocycles. The van der Waals surface area contributed by atoms with Crippen molar-refractivity contribution in [3.05, 3.63) is 58.7 Å². The Hall–Kier alpha value is -2.82. The zero-order valence-electron chi connectivity index (χ0n) is 14.3. The van der Waals surface area contributed by atoms with Gasteiger partial charge in [-0.25, -0.2) is 4.79 Å². The lowest BCUT2D eigenvalue weighted by molar-refractivity contribution is -0.115. The summed E-state index contributed by atoms with van der Waals surface area (Å²) in [6.45, 7) is 3.80. The number of esters is 1. The zero-order valence-corrected chi connectivity index (χ0v) is 14.3. The van der Waals surface area contributed by atoms with Crippen molar-refractivity contribution < 1.29 is 19.1 Å². The molecule has 0 heterocycles. The van der Waals surface area contributed by atoms with E-state index in [9.17, 15) is 9.59 Å². The number of anilines is 1. The third kappa shape index (κ3) is 4.13. The lowest BCUT2D eigenvalue weighted by Crippen LogP contribution is -2.16. The van der Waals surface area contributed by atoms with E-state index in [1.54, 1.807) is 25.3 Å². The van der Waals surface area contributed by atoms with E-state index in [1.807, 2.05) is 32.0 Å². The number of rotatable bonds is 5.